The SMILES string of the molecule is C#CCOc1cc(Br)c(/C=C(\C#N)C(=O)Nc2ccc(C)cc2)cc1OC. The summed E-state index contributed by atoms with van der Waals surface area (Å²) >= 11 is 3.41. The Hall–Kier alpha value is -3.22. The second-order valence-electron chi connectivity index (χ2n) is 5.51. The van der Waals surface area contributed by atoms with Crippen molar-refractivity contribution in [1.82, 2.24) is 0 Å². The van der Waals surface area contributed by atoms with Gasteiger partial charge in [-0.3, -0.25) is 4.79 Å². The van der Waals surface area contributed by atoms with Gasteiger partial charge in [-0.2, -0.15) is 5.26 Å². The number of anilines is 1. The first kappa shape index (κ1) is 20.1. The Bertz CT molecular complexity index is 951. The summed E-state index contributed by atoms with van der Waals surface area (Å²) in [6.07, 6.45) is 6.68. The minimum Gasteiger partial charge on any atom is -0.493 e. The molecule has 1 N–H and O–H groups in total. The lowest BCUT2D eigenvalue weighted by Gasteiger charge is -2.11. The van der Waals surface area contributed by atoms with Crippen LogP contribution in [0.15, 0.2) is 46.4 Å². The van der Waals surface area contributed by atoms with Crippen LogP contribution in [-0.4, -0.2) is 19.6 Å². The van der Waals surface area contributed by atoms with Gasteiger partial charge in [0.2, 0.25) is 0 Å². The van der Waals surface area contributed by atoms with Crippen LogP contribution in [0.25, 0.3) is 6.08 Å². The first-order chi connectivity index (χ1) is 13.0. The molecule has 2 rings (SSSR count). The molecule has 0 unspecified atom stereocenters. The van der Waals surface area contributed by atoms with Gasteiger partial charge >= 0.3 is 0 Å². The van der Waals surface area contributed by atoms with Crippen LogP contribution in [0.4, 0.5) is 5.69 Å². The third-order valence-electron chi connectivity index (χ3n) is 3.57. The van der Waals surface area contributed by atoms with E-state index in [0.29, 0.717) is 27.2 Å². The molecule has 0 fully saturated rings. The molecule has 0 radical (unpaired) electrons. The summed E-state index contributed by atoms with van der Waals surface area (Å²) in [4.78, 5) is 12.4. The molecule has 2 aromatic rings. The van der Waals surface area contributed by atoms with Gasteiger partial charge < -0.3 is 14.8 Å². The number of methoxy groups -OCH3 is 1. The maximum absolute atomic E-state index is 12.4. The molecule has 136 valence electrons. The van der Waals surface area contributed by atoms with Crippen molar-refractivity contribution in [2.75, 3.05) is 19.0 Å². The highest BCUT2D eigenvalue weighted by Gasteiger charge is 2.13. The molecule has 0 spiro atoms. The van der Waals surface area contributed by atoms with E-state index in [1.54, 1.807) is 24.3 Å². The van der Waals surface area contributed by atoms with Crippen molar-refractivity contribution in [3.05, 3.63) is 57.6 Å². The number of carbonyl (C=O) groups is 1. The molecule has 0 saturated heterocycles. The molecule has 0 atom stereocenters. The van der Waals surface area contributed by atoms with Gasteiger partial charge in [0.15, 0.2) is 11.5 Å². The maximum atomic E-state index is 12.4. The fourth-order valence-corrected chi connectivity index (χ4v) is 2.63. The molecule has 0 aliphatic heterocycles. The Balaban J connectivity index is 2.30. The lowest BCUT2D eigenvalue weighted by molar-refractivity contribution is -0.112. The average molecular weight is 425 g/mol. The first-order valence-electron chi connectivity index (χ1n) is 7.92. The molecule has 0 aliphatic rings. The summed E-state index contributed by atoms with van der Waals surface area (Å²) in [6.45, 7) is 2.05. The van der Waals surface area contributed by atoms with E-state index in [4.69, 9.17) is 15.9 Å². The first-order valence-corrected chi connectivity index (χ1v) is 8.71. The van der Waals surface area contributed by atoms with Crippen molar-refractivity contribution in [1.29, 1.82) is 5.26 Å². The zero-order valence-corrected chi connectivity index (χ0v) is 16.5. The normalized spacial score (nSPS) is 10.5. The van der Waals surface area contributed by atoms with Crippen molar-refractivity contribution in [2.45, 2.75) is 6.92 Å². The largest absolute Gasteiger partial charge is 0.493 e. The van der Waals surface area contributed by atoms with Crippen molar-refractivity contribution in [3.8, 4) is 29.9 Å². The van der Waals surface area contributed by atoms with Crippen LogP contribution in [-0.2, 0) is 4.79 Å². The van der Waals surface area contributed by atoms with Crippen LogP contribution in [0.2, 0.25) is 0 Å². The number of ether oxygens (including phenoxy) is 2. The summed E-state index contributed by atoms with van der Waals surface area (Å²) in [5.74, 6) is 2.78. The van der Waals surface area contributed by atoms with Crippen LogP contribution in [0.3, 0.4) is 0 Å². The van der Waals surface area contributed by atoms with Crippen molar-refractivity contribution < 1.29 is 14.3 Å². The third kappa shape index (κ3) is 5.37. The molecule has 2 aromatic carbocycles. The monoisotopic (exact) mass is 424 g/mol. The van der Waals surface area contributed by atoms with Crippen molar-refractivity contribution in [3.63, 3.8) is 0 Å². The summed E-state index contributed by atoms with van der Waals surface area (Å²) in [7, 11) is 1.49. The third-order valence-corrected chi connectivity index (χ3v) is 4.26. The maximum Gasteiger partial charge on any atom is 0.266 e. The number of hydrogen-bond donors (Lipinski definition) is 1. The zero-order valence-electron chi connectivity index (χ0n) is 14.9. The number of nitrogens with one attached hydrogen (secondary N) is 1. The van der Waals surface area contributed by atoms with Gasteiger partial charge in [-0.1, -0.05) is 39.5 Å². The number of aryl methyl sites for hydroxylation is 1. The molecule has 1 amide bonds. The summed E-state index contributed by atoms with van der Waals surface area (Å²) in [5, 5.41) is 12.1. The van der Waals surface area contributed by atoms with Gasteiger partial charge in [-0.05, 0) is 42.8 Å². The Morgan fingerprint density at radius 2 is 2.00 bits per heavy atom. The number of carbonyl (C=O) groups excluding carboxylic acids is 1. The van der Waals surface area contributed by atoms with Gasteiger partial charge in [0, 0.05) is 10.2 Å². The number of nitriles is 1. The van der Waals surface area contributed by atoms with Crippen LogP contribution in [0.1, 0.15) is 11.1 Å². The second kappa shape index (κ2) is 9.47. The highest BCUT2D eigenvalue weighted by molar-refractivity contribution is 9.10. The molecule has 0 aliphatic carbocycles. The topological polar surface area (TPSA) is 71.3 Å². The Morgan fingerprint density at radius 1 is 1.30 bits per heavy atom. The van der Waals surface area contributed by atoms with Gasteiger partial charge in [0.05, 0.1) is 7.11 Å². The van der Waals surface area contributed by atoms with E-state index in [9.17, 15) is 10.1 Å². The predicted octanol–water partition coefficient (Wildman–Crippen LogP) is 4.32. The van der Waals surface area contributed by atoms with E-state index in [2.05, 4.69) is 27.2 Å². The van der Waals surface area contributed by atoms with E-state index in [1.165, 1.54) is 13.2 Å². The van der Waals surface area contributed by atoms with Gasteiger partial charge in [0.25, 0.3) is 5.91 Å². The molecule has 0 aromatic heterocycles. The number of terminal acetylenes is 1. The predicted molar refractivity (Wildman–Crippen MR) is 108 cm³/mol. The van der Waals surface area contributed by atoms with E-state index < -0.39 is 5.91 Å². The highest BCUT2D eigenvalue weighted by atomic mass is 79.9. The summed E-state index contributed by atoms with van der Waals surface area (Å²) in [6, 6.07) is 12.6. The average Bonchev–Trinajstić information content (AvgIpc) is 2.67. The molecule has 0 saturated carbocycles. The standard InChI is InChI=1S/C21H17BrN2O3/c1-4-9-27-20-12-18(22)15(11-19(20)26-3)10-16(13-23)21(25)24-17-7-5-14(2)6-8-17/h1,5-8,10-12H,9H2,2-3H3,(H,24,25)/b16-10+. The van der Waals surface area contributed by atoms with E-state index in [0.717, 1.165) is 5.56 Å². The van der Waals surface area contributed by atoms with Gasteiger partial charge in [-0.15, -0.1) is 6.42 Å². The summed E-state index contributed by atoms with van der Waals surface area (Å²) < 4.78 is 11.3. The van der Waals surface area contributed by atoms with E-state index in [1.807, 2.05) is 25.1 Å². The molecule has 0 bridgehead atoms. The van der Waals surface area contributed by atoms with E-state index >= 15 is 0 Å². The Labute approximate surface area is 166 Å². The van der Waals surface area contributed by atoms with Crippen LogP contribution in [0.5, 0.6) is 11.5 Å². The smallest absolute Gasteiger partial charge is 0.266 e. The number of rotatable bonds is 6. The number of halogens is 1. The molecule has 0 heterocycles. The second-order valence-corrected chi connectivity index (χ2v) is 6.36. The van der Waals surface area contributed by atoms with Crippen LogP contribution in [0, 0.1) is 30.6 Å². The minimum atomic E-state index is -0.500. The molecular weight excluding hydrogens is 408 g/mol. The van der Waals surface area contributed by atoms with E-state index in [-0.39, 0.29) is 12.2 Å². The van der Waals surface area contributed by atoms with Gasteiger partial charge in [-0.25, -0.2) is 0 Å². The number of amides is 1. The molecule has 27 heavy (non-hydrogen) atoms. The highest BCUT2D eigenvalue weighted by Crippen LogP contribution is 2.34. The molecular formula is C21H17BrN2O3. The summed E-state index contributed by atoms with van der Waals surface area (Å²) in [5.41, 5.74) is 2.24. The number of nitrogens with zero attached hydrogens (tertiary/aromatic N) is 1. The van der Waals surface area contributed by atoms with Crippen molar-refractivity contribution in [2.24, 2.45) is 0 Å². The number of benzene rings is 2. The Morgan fingerprint density at radius 3 is 2.59 bits per heavy atom. The van der Waals surface area contributed by atoms with Crippen molar-refractivity contribution >= 4 is 33.6 Å². The molecule has 6 heteroatoms. The quantitative estimate of drug-likeness (QED) is 0.425. The minimum absolute atomic E-state index is 0.0457. The fraction of sp³-hybridized carbons (Fsp3) is 0.143. The van der Waals surface area contributed by atoms with Crippen LogP contribution < -0.4 is 14.8 Å². The fourth-order valence-electron chi connectivity index (χ4n) is 2.19. The van der Waals surface area contributed by atoms with Gasteiger partial charge in [0.1, 0.15) is 18.2 Å². The Kier molecular flexibility index (Phi) is 7.05. The van der Waals surface area contributed by atoms with Crippen LogP contribution >= 0.6 is 15.9 Å². The lowest BCUT2D eigenvalue weighted by Crippen LogP contribution is -2.13. The zero-order chi connectivity index (χ0) is 19.8. The molecule has 5 nitrogen and oxygen atoms in total. The lowest BCUT2D eigenvalue weighted by atomic mass is 10.1. The number of hydrogen-bond acceptors (Lipinski definition) is 4.